The Kier molecular flexibility index (Phi) is 4.71. The van der Waals surface area contributed by atoms with Crippen molar-refractivity contribution in [2.24, 2.45) is 0 Å². The molecular weight excluding hydrogens is 304 g/mol. The van der Waals surface area contributed by atoms with Gasteiger partial charge in [0.1, 0.15) is 28.4 Å². The second-order valence-corrected chi connectivity index (χ2v) is 6.03. The molecule has 0 saturated carbocycles. The Morgan fingerprint density at radius 2 is 2.05 bits per heavy atom. The Morgan fingerprint density at radius 1 is 1.29 bits per heavy atom. The lowest BCUT2D eigenvalue weighted by Gasteiger charge is -2.10. The maximum atomic E-state index is 13.4. The fourth-order valence-electron chi connectivity index (χ4n) is 1.71. The second kappa shape index (κ2) is 6.33. The molecule has 1 heterocycles. The van der Waals surface area contributed by atoms with E-state index in [9.17, 15) is 22.3 Å². The maximum Gasteiger partial charge on any atom is 0.243 e. The van der Waals surface area contributed by atoms with E-state index in [1.807, 2.05) is 0 Å². The standard InChI is InChI=1S/C13H13F2NO4S/c14-9-3-4-10(15)13(8-9)21(18,19)16-6-5-11(17)12-2-1-7-20-12/h1-4,7-8,11,16-17H,5-6H2. The molecule has 0 aliphatic rings. The zero-order valence-electron chi connectivity index (χ0n) is 10.8. The van der Waals surface area contributed by atoms with Crippen LogP contribution in [0.25, 0.3) is 0 Å². The molecule has 0 aliphatic heterocycles. The number of halogens is 2. The van der Waals surface area contributed by atoms with Crippen molar-refractivity contribution in [3.8, 4) is 0 Å². The van der Waals surface area contributed by atoms with Gasteiger partial charge in [-0.15, -0.1) is 0 Å². The Balaban J connectivity index is 2.00. The van der Waals surface area contributed by atoms with Crippen molar-refractivity contribution in [1.82, 2.24) is 4.72 Å². The largest absolute Gasteiger partial charge is 0.467 e. The lowest BCUT2D eigenvalue weighted by atomic mass is 10.2. The highest BCUT2D eigenvalue weighted by molar-refractivity contribution is 7.89. The smallest absolute Gasteiger partial charge is 0.243 e. The van der Waals surface area contributed by atoms with E-state index in [4.69, 9.17) is 4.42 Å². The van der Waals surface area contributed by atoms with Crippen molar-refractivity contribution < 1.29 is 26.7 Å². The van der Waals surface area contributed by atoms with Crippen LogP contribution < -0.4 is 4.72 Å². The summed E-state index contributed by atoms with van der Waals surface area (Å²) in [5.74, 6) is -1.60. The van der Waals surface area contributed by atoms with Crippen LogP contribution in [0.5, 0.6) is 0 Å². The van der Waals surface area contributed by atoms with Crippen LogP contribution in [-0.4, -0.2) is 20.1 Å². The molecule has 21 heavy (non-hydrogen) atoms. The summed E-state index contributed by atoms with van der Waals surface area (Å²) < 4.78 is 57.2. The molecule has 0 amide bonds. The van der Waals surface area contributed by atoms with E-state index in [-0.39, 0.29) is 13.0 Å². The molecule has 1 unspecified atom stereocenters. The molecule has 5 nitrogen and oxygen atoms in total. The summed E-state index contributed by atoms with van der Waals surface area (Å²) in [4.78, 5) is -0.769. The van der Waals surface area contributed by atoms with Crippen molar-refractivity contribution in [2.45, 2.75) is 17.4 Å². The normalized spacial score (nSPS) is 13.3. The fraction of sp³-hybridized carbons (Fsp3) is 0.231. The molecule has 0 fully saturated rings. The van der Waals surface area contributed by atoms with Gasteiger partial charge in [-0.1, -0.05) is 0 Å². The predicted molar refractivity (Wildman–Crippen MR) is 69.8 cm³/mol. The number of aliphatic hydroxyl groups is 1. The number of nitrogens with one attached hydrogen (secondary N) is 1. The third kappa shape index (κ3) is 3.87. The molecule has 2 aromatic rings. The van der Waals surface area contributed by atoms with Gasteiger partial charge in [0.25, 0.3) is 0 Å². The molecule has 2 N–H and O–H groups in total. The molecular formula is C13H13F2NO4S. The third-order valence-electron chi connectivity index (χ3n) is 2.76. The number of rotatable bonds is 6. The zero-order valence-corrected chi connectivity index (χ0v) is 11.6. The van der Waals surface area contributed by atoms with Gasteiger partial charge in [-0.2, -0.15) is 0 Å². The minimum atomic E-state index is -4.18. The molecule has 1 aromatic heterocycles. The predicted octanol–water partition coefficient (Wildman–Crippen LogP) is 1.96. The zero-order chi connectivity index (χ0) is 15.5. The van der Waals surface area contributed by atoms with Gasteiger partial charge in [0, 0.05) is 6.54 Å². The second-order valence-electron chi connectivity index (χ2n) is 4.29. The van der Waals surface area contributed by atoms with Crippen LogP contribution in [0, 0.1) is 11.6 Å². The van der Waals surface area contributed by atoms with Crippen molar-refractivity contribution >= 4 is 10.0 Å². The maximum absolute atomic E-state index is 13.4. The van der Waals surface area contributed by atoms with E-state index < -0.39 is 32.7 Å². The molecule has 8 heteroatoms. The van der Waals surface area contributed by atoms with Crippen LogP contribution in [0.2, 0.25) is 0 Å². The Hall–Kier alpha value is -1.77. The summed E-state index contributed by atoms with van der Waals surface area (Å²) in [5.41, 5.74) is 0. The third-order valence-corrected chi connectivity index (χ3v) is 4.24. The first-order valence-electron chi connectivity index (χ1n) is 6.06. The van der Waals surface area contributed by atoms with Crippen LogP contribution in [0.3, 0.4) is 0 Å². The molecule has 0 radical (unpaired) electrons. The van der Waals surface area contributed by atoms with Gasteiger partial charge in [-0.25, -0.2) is 21.9 Å². The number of hydrogen-bond acceptors (Lipinski definition) is 4. The lowest BCUT2D eigenvalue weighted by Crippen LogP contribution is -2.26. The van der Waals surface area contributed by atoms with Gasteiger partial charge in [0.05, 0.1) is 6.26 Å². The average molecular weight is 317 g/mol. The molecule has 0 aliphatic carbocycles. The average Bonchev–Trinajstić information content (AvgIpc) is 2.95. The van der Waals surface area contributed by atoms with Crippen LogP contribution >= 0.6 is 0 Å². The summed E-state index contributed by atoms with van der Waals surface area (Å²) in [6.07, 6.45) is 0.425. The van der Waals surface area contributed by atoms with Crippen molar-refractivity contribution in [3.05, 3.63) is 54.0 Å². The Labute approximate surface area is 120 Å². The van der Waals surface area contributed by atoms with Crippen LogP contribution in [0.15, 0.2) is 45.9 Å². The van der Waals surface area contributed by atoms with Crippen molar-refractivity contribution in [1.29, 1.82) is 0 Å². The van der Waals surface area contributed by atoms with Gasteiger partial charge < -0.3 is 9.52 Å². The first-order valence-corrected chi connectivity index (χ1v) is 7.54. The molecule has 0 bridgehead atoms. The van der Waals surface area contributed by atoms with Crippen molar-refractivity contribution in [3.63, 3.8) is 0 Å². The van der Waals surface area contributed by atoms with Crippen LogP contribution in [-0.2, 0) is 10.0 Å². The Morgan fingerprint density at radius 3 is 2.71 bits per heavy atom. The summed E-state index contributed by atoms with van der Waals surface area (Å²) in [5, 5.41) is 9.71. The minimum Gasteiger partial charge on any atom is -0.467 e. The summed E-state index contributed by atoms with van der Waals surface area (Å²) in [7, 11) is -4.18. The van der Waals surface area contributed by atoms with Gasteiger partial charge in [0.15, 0.2) is 0 Å². The van der Waals surface area contributed by atoms with Gasteiger partial charge in [-0.05, 0) is 36.8 Å². The van der Waals surface area contributed by atoms with E-state index in [2.05, 4.69) is 4.72 Å². The van der Waals surface area contributed by atoms with E-state index in [1.54, 1.807) is 12.1 Å². The summed E-state index contributed by atoms with van der Waals surface area (Å²) in [6, 6.07) is 5.30. The summed E-state index contributed by atoms with van der Waals surface area (Å²) in [6.45, 7) is -0.153. The highest BCUT2D eigenvalue weighted by Crippen LogP contribution is 2.18. The lowest BCUT2D eigenvalue weighted by molar-refractivity contribution is 0.141. The SMILES string of the molecule is O=S(=O)(NCCC(O)c1ccco1)c1cc(F)ccc1F. The number of furan rings is 1. The topological polar surface area (TPSA) is 79.5 Å². The number of aliphatic hydroxyl groups excluding tert-OH is 1. The molecule has 0 saturated heterocycles. The van der Waals surface area contributed by atoms with Gasteiger partial charge in [0.2, 0.25) is 10.0 Å². The van der Waals surface area contributed by atoms with E-state index in [0.717, 1.165) is 12.1 Å². The van der Waals surface area contributed by atoms with E-state index in [1.165, 1.54) is 6.26 Å². The molecule has 2 rings (SSSR count). The molecule has 1 atom stereocenters. The van der Waals surface area contributed by atoms with E-state index >= 15 is 0 Å². The quantitative estimate of drug-likeness (QED) is 0.853. The minimum absolute atomic E-state index is 0.0314. The van der Waals surface area contributed by atoms with Crippen LogP contribution in [0.1, 0.15) is 18.3 Å². The summed E-state index contributed by atoms with van der Waals surface area (Å²) >= 11 is 0. The van der Waals surface area contributed by atoms with Gasteiger partial charge >= 0.3 is 0 Å². The molecule has 0 spiro atoms. The number of sulfonamides is 1. The first-order chi connectivity index (χ1) is 9.90. The van der Waals surface area contributed by atoms with Crippen LogP contribution in [0.4, 0.5) is 8.78 Å². The monoisotopic (exact) mass is 317 g/mol. The Bertz CT molecular complexity index is 701. The fourth-order valence-corrected chi connectivity index (χ4v) is 2.85. The van der Waals surface area contributed by atoms with Gasteiger partial charge in [-0.3, -0.25) is 0 Å². The first kappa shape index (κ1) is 15.6. The molecule has 1 aromatic carbocycles. The van der Waals surface area contributed by atoms with E-state index in [0.29, 0.717) is 11.8 Å². The number of benzene rings is 1. The highest BCUT2D eigenvalue weighted by Gasteiger charge is 2.20. The molecule has 114 valence electrons. The van der Waals surface area contributed by atoms with Crippen molar-refractivity contribution in [2.75, 3.05) is 6.54 Å². The number of hydrogen-bond donors (Lipinski definition) is 2. The highest BCUT2D eigenvalue weighted by atomic mass is 32.2.